The average Bonchev–Trinajstić information content (AvgIpc) is 3.30. The van der Waals surface area contributed by atoms with E-state index >= 15 is 0 Å². The number of amides is 1. The first-order valence-electron chi connectivity index (χ1n) is 7.25. The summed E-state index contributed by atoms with van der Waals surface area (Å²) < 4.78 is 12.9. The lowest BCUT2D eigenvalue weighted by Crippen LogP contribution is -2.26. The average molecular weight is 300 g/mol. The van der Waals surface area contributed by atoms with Gasteiger partial charge >= 0.3 is 0 Å². The Hall–Kier alpha value is -2.50. The maximum atomic E-state index is 12.9. The summed E-state index contributed by atoms with van der Waals surface area (Å²) >= 11 is 0. The molecule has 6 heteroatoms. The molecule has 0 atom stereocenters. The summed E-state index contributed by atoms with van der Waals surface area (Å²) in [6, 6.07) is 8.15. The maximum Gasteiger partial charge on any atom is 0.270 e. The zero-order chi connectivity index (χ0) is 15.5. The number of aryl methyl sites for hydroxylation is 1. The van der Waals surface area contributed by atoms with E-state index in [1.807, 2.05) is 6.92 Å². The van der Waals surface area contributed by atoms with Crippen LogP contribution in [0.1, 0.15) is 34.6 Å². The largest absolute Gasteiger partial charge is 0.350 e. The molecule has 1 aliphatic rings. The van der Waals surface area contributed by atoms with Crippen LogP contribution in [0.25, 0.3) is 0 Å². The van der Waals surface area contributed by atoms with Crippen LogP contribution < -0.4 is 10.6 Å². The molecule has 1 fully saturated rings. The predicted octanol–water partition coefficient (Wildman–Crippen LogP) is 2.43. The minimum absolute atomic E-state index is 0.169. The van der Waals surface area contributed by atoms with Crippen LogP contribution in [0.5, 0.6) is 0 Å². The summed E-state index contributed by atoms with van der Waals surface area (Å²) in [5.41, 5.74) is 1.99. The number of rotatable bonds is 5. The minimum atomic E-state index is -0.269. The molecule has 0 aliphatic heterocycles. The van der Waals surface area contributed by atoms with Gasteiger partial charge in [-0.15, -0.1) is 0 Å². The normalized spacial score (nSPS) is 13.7. The van der Waals surface area contributed by atoms with Crippen LogP contribution in [0.3, 0.4) is 0 Å². The van der Waals surface area contributed by atoms with Gasteiger partial charge in [-0.25, -0.2) is 14.4 Å². The van der Waals surface area contributed by atoms with E-state index in [2.05, 4.69) is 20.6 Å². The van der Waals surface area contributed by atoms with Gasteiger partial charge in [-0.05, 0) is 43.5 Å². The molecule has 1 heterocycles. The zero-order valence-corrected chi connectivity index (χ0v) is 12.3. The van der Waals surface area contributed by atoms with Crippen LogP contribution in [0.15, 0.2) is 30.3 Å². The van der Waals surface area contributed by atoms with E-state index in [0.717, 1.165) is 24.1 Å². The number of anilines is 1. The van der Waals surface area contributed by atoms with Crippen molar-refractivity contribution >= 4 is 11.9 Å². The Labute approximate surface area is 128 Å². The summed E-state index contributed by atoms with van der Waals surface area (Å²) in [5, 5.41) is 5.97. The Bertz CT molecular complexity index is 683. The standard InChI is InChI=1S/C16H17FN4O/c1-10-8-14(15(22)20-13-6-7-13)21-16(19-10)18-9-11-2-4-12(17)5-3-11/h2-5,8,13H,6-7,9H2,1H3,(H,20,22)(H,18,19,21). The van der Waals surface area contributed by atoms with E-state index in [4.69, 9.17) is 0 Å². The first-order valence-corrected chi connectivity index (χ1v) is 7.25. The van der Waals surface area contributed by atoms with Gasteiger partial charge in [-0.3, -0.25) is 4.79 Å². The second kappa shape index (κ2) is 6.09. The first-order chi connectivity index (χ1) is 10.6. The highest BCUT2D eigenvalue weighted by molar-refractivity contribution is 5.93. The third kappa shape index (κ3) is 3.78. The molecule has 0 unspecified atom stereocenters. The summed E-state index contributed by atoms with van der Waals surface area (Å²) in [4.78, 5) is 20.5. The summed E-state index contributed by atoms with van der Waals surface area (Å²) in [7, 11) is 0. The van der Waals surface area contributed by atoms with Gasteiger partial charge in [0.15, 0.2) is 0 Å². The molecule has 0 saturated heterocycles. The molecule has 0 spiro atoms. The van der Waals surface area contributed by atoms with E-state index < -0.39 is 0 Å². The number of aromatic nitrogens is 2. The molecular formula is C16H17FN4O. The Morgan fingerprint density at radius 2 is 2.00 bits per heavy atom. The molecule has 114 valence electrons. The molecule has 5 nitrogen and oxygen atoms in total. The fraction of sp³-hybridized carbons (Fsp3) is 0.312. The number of nitrogens with zero attached hydrogens (tertiary/aromatic N) is 2. The molecule has 1 aromatic heterocycles. The zero-order valence-electron chi connectivity index (χ0n) is 12.3. The molecule has 22 heavy (non-hydrogen) atoms. The smallest absolute Gasteiger partial charge is 0.270 e. The molecule has 0 radical (unpaired) electrons. The van der Waals surface area contributed by atoms with Gasteiger partial charge < -0.3 is 10.6 Å². The summed E-state index contributed by atoms with van der Waals surface area (Å²) in [5.74, 6) is -0.0438. The van der Waals surface area contributed by atoms with Crippen LogP contribution in [0.2, 0.25) is 0 Å². The lowest BCUT2D eigenvalue weighted by atomic mass is 10.2. The highest BCUT2D eigenvalue weighted by Gasteiger charge is 2.24. The maximum absolute atomic E-state index is 12.9. The molecule has 2 N–H and O–H groups in total. The number of nitrogens with one attached hydrogen (secondary N) is 2. The quantitative estimate of drug-likeness (QED) is 0.890. The number of carbonyl (C=O) groups excluding carboxylic acids is 1. The molecular weight excluding hydrogens is 283 g/mol. The van der Waals surface area contributed by atoms with Crippen molar-refractivity contribution in [2.75, 3.05) is 5.32 Å². The second-order valence-corrected chi connectivity index (χ2v) is 5.45. The van der Waals surface area contributed by atoms with Crippen molar-refractivity contribution in [1.82, 2.24) is 15.3 Å². The van der Waals surface area contributed by atoms with Crippen LogP contribution in [-0.4, -0.2) is 21.9 Å². The van der Waals surface area contributed by atoms with E-state index in [1.54, 1.807) is 18.2 Å². The number of carbonyl (C=O) groups is 1. The fourth-order valence-corrected chi connectivity index (χ4v) is 2.03. The Balaban J connectivity index is 1.68. The molecule has 1 amide bonds. The SMILES string of the molecule is Cc1cc(C(=O)NC2CC2)nc(NCc2ccc(F)cc2)n1. The van der Waals surface area contributed by atoms with Crippen LogP contribution in [-0.2, 0) is 6.54 Å². The van der Waals surface area contributed by atoms with Crippen LogP contribution >= 0.6 is 0 Å². The lowest BCUT2D eigenvalue weighted by molar-refractivity contribution is 0.0946. The molecule has 1 saturated carbocycles. The minimum Gasteiger partial charge on any atom is -0.350 e. The van der Waals surface area contributed by atoms with Crippen molar-refractivity contribution in [3.05, 3.63) is 53.1 Å². The number of hydrogen-bond acceptors (Lipinski definition) is 4. The van der Waals surface area contributed by atoms with Crippen LogP contribution in [0, 0.1) is 12.7 Å². The van der Waals surface area contributed by atoms with Crippen molar-refractivity contribution in [3.8, 4) is 0 Å². The third-order valence-electron chi connectivity index (χ3n) is 3.36. The summed E-state index contributed by atoms with van der Waals surface area (Å²) in [6.45, 7) is 2.28. The van der Waals surface area contributed by atoms with Crippen molar-refractivity contribution in [2.24, 2.45) is 0 Å². The fourth-order valence-electron chi connectivity index (χ4n) is 2.03. The molecule has 2 aromatic rings. The van der Waals surface area contributed by atoms with E-state index in [-0.39, 0.29) is 11.7 Å². The number of halogens is 1. The van der Waals surface area contributed by atoms with E-state index in [0.29, 0.717) is 24.2 Å². The highest BCUT2D eigenvalue weighted by Crippen LogP contribution is 2.19. The van der Waals surface area contributed by atoms with Crippen molar-refractivity contribution in [2.45, 2.75) is 32.4 Å². The Kier molecular flexibility index (Phi) is 4.00. The number of hydrogen-bond donors (Lipinski definition) is 2. The van der Waals surface area contributed by atoms with Gasteiger partial charge in [0.2, 0.25) is 5.95 Å². The topological polar surface area (TPSA) is 66.9 Å². The van der Waals surface area contributed by atoms with Gasteiger partial charge in [0.05, 0.1) is 0 Å². The van der Waals surface area contributed by atoms with Gasteiger partial charge in [-0.1, -0.05) is 12.1 Å². The second-order valence-electron chi connectivity index (χ2n) is 5.45. The van der Waals surface area contributed by atoms with E-state index in [1.165, 1.54) is 12.1 Å². The first kappa shape index (κ1) is 14.4. The molecule has 1 aromatic carbocycles. The van der Waals surface area contributed by atoms with Crippen LogP contribution in [0.4, 0.5) is 10.3 Å². The molecule has 3 rings (SSSR count). The Morgan fingerprint density at radius 3 is 2.68 bits per heavy atom. The third-order valence-corrected chi connectivity index (χ3v) is 3.36. The monoisotopic (exact) mass is 300 g/mol. The molecule has 1 aliphatic carbocycles. The van der Waals surface area contributed by atoms with Gasteiger partial charge in [0, 0.05) is 18.3 Å². The number of benzene rings is 1. The van der Waals surface area contributed by atoms with Crippen molar-refractivity contribution in [1.29, 1.82) is 0 Å². The Morgan fingerprint density at radius 1 is 1.27 bits per heavy atom. The molecule has 0 bridgehead atoms. The summed E-state index contributed by atoms with van der Waals surface area (Å²) in [6.07, 6.45) is 2.07. The van der Waals surface area contributed by atoms with Crippen molar-refractivity contribution < 1.29 is 9.18 Å². The van der Waals surface area contributed by atoms with Gasteiger partial charge in [-0.2, -0.15) is 0 Å². The van der Waals surface area contributed by atoms with E-state index in [9.17, 15) is 9.18 Å². The van der Waals surface area contributed by atoms with Gasteiger partial charge in [0.1, 0.15) is 11.5 Å². The van der Waals surface area contributed by atoms with Crippen molar-refractivity contribution in [3.63, 3.8) is 0 Å². The predicted molar refractivity (Wildman–Crippen MR) is 81.0 cm³/mol. The highest BCUT2D eigenvalue weighted by atomic mass is 19.1. The van der Waals surface area contributed by atoms with Gasteiger partial charge in [0.25, 0.3) is 5.91 Å². The lowest BCUT2D eigenvalue weighted by Gasteiger charge is -2.08.